The van der Waals surface area contributed by atoms with Gasteiger partial charge in [0.05, 0.1) is 12.0 Å². The van der Waals surface area contributed by atoms with Crippen molar-refractivity contribution in [3.63, 3.8) is 0 Å². The Labute approximate surface area is 131 Å². The molecule has 0 atom stereocenters. The van der Waals surface area contributed by atoms with Gasteiger partial charge < -0.3 is 4.74 Å². The van der Waals surface area contributed by atoms with Crippen LogP contribution in [0.15, 0.2) is 35.4 Å². The first-order valence-electron chi connectivity index (χ1n) is 6.85. The number of aryl methyl sites for hydroxylation is 1. The Hall–Kier alpha value is -2.08. The van der Waals surface area contributed by atoms with Crippen LogP contribution in [-0.4, -0.2) is 27.6 Å². The van der Waals surface area contributed by atoms with Gasteiger partial charge in [-0.2, -0.15) is 0 Å². The number of pyridine rings is 1. The molecular formula is C16H20N2O3S. The van der Waals surface area contributed by atoms with Crippen LogP contribution in [0.4, 0.5) is 5.82 Å². The van der Waals surface area contributed by atoms with Gasteiger partial charge in [0, 0.05) is 13.2 Å². The first-order chi connectivity index (χ1) is 10.3. The number of aromatic nitrogens is 1. The minimum Gasteiger partial charge on any atom is -0.496 e. The molecule has 0 radical (unpaired) electrons. The van der Waals surface area contributed by atoms with E-state index in [0.717, 1.165) is 5.56 Å². The van der Waals surface area contributed by atoms with Crippen LogP contribution in [-0.2, 0) is 10.0 Å². The Balaban J connectivity index is 2.63. The van der Waals surface area contributed by atoms with E-state index in [1.807, 2.05) is 6.92 Å². The van der Waals surface area contributed by atoms with Gasteiger partial charge in [0.1, 0.15) is 11.6 Å². The summed E-state index contributed by atoms with van der Waals surface area (Å²) in [4.78, 5) is 4.41. The number of sulfonamides is 1. The molecule has 1 aromatic carbocycles. The fourth-order valence-electron chi connectivity index (χ4n) is 2.43. The molecule has 0 saturated carbocycles. The van der Waals surface area contributed by atoms with E-state index >= 15 is 0 Å². The van der Waals surface area contributed by atoms with E-state index < -0.39 is 10.0 Å². The molecule has 0 saturated heterocycles. The number of nitrogens with zero attached hydrogens (tertiary/aromatic N) is 2. The van der Waals surface area contributed by atoms with E-state index in [1.165, 1.54) is 11.4 Å². The third-order valence-electron chi connectivity index (χ3n) is 3.79. The van der Waals surface area contributed by atoms with Crippen LogP contribution in [0.5, 0.6) is 5.75 Å². The second kappa shape index (κ2) is 5.96. The summed E-state index contributed by atoms with van der Waals surface area (Å²) in [6.45, 7) is 5.42. The van der Waals surface area contributed by atoms with E-state index in [0.29, 0.717) is 27.6 Å². The van der Waals surface area contributed by atoms with E-state index in [1.54, 1.807) is 51.4 Å². The molecule has 5 nitrogen and oxygen atoms in total. The van der Waals surface area contributed by atoms with Gasteiger partial charge in [-0.25, -0.2) is 13.4 Å². The summed E-state index contributed by atoms with van der Waals surface area (Å²) in [5, 5.41) is 0. The van der Waals surface area contributed by atoms with Gasteiger partial charge in [-0.15, -0.1) is 0 Å². The molecule has 0 aliphatic rings. The molecule has 22 heavy (non-hydrogen) atoms. The molecule has 2 rings (SSSR count). The van der Waals surface area contributed by atoms with E-state index in [-0.39, 0.29) is 0 Å². The van der Waals surface area contributed by atoms with Gasteiger partial charge in [-0.05, 0) is 55.7 Å². The Morgan fingerprint density at radius 1 is 1.14 bits per heavy atom. The Morgan fingerprint density at radius 2 is 1.82 bits per heavy atom. The number of methoxy groups -OCH3 is 1. The van der Waals surface area contributed by atoms with Crippen molar-refractivity contribution < 1.29 is 13.2 Å². The van der Waals surface area contributed by atoms with Gasteiger partial charge in [-0.1, -0.05) is 6.07 Å². The zero-order chi connectivity index (χ0) is 16.5. The van der Waals surface area contributed by atoms with Crippen molar-refractivity contribution in [1.82, 2.24) is 4.98 Å². The molecule has 6 heteroatoms. The van der Waals surface area contributed by atoms with Crippen LogP contribution in [0.2, 0.25) is 0 Å². The monoisotopic (exact) mass is 320 g/mol. The minimum absolute atomic E-state index is 0.305. The lowest BCUT2D eigenvalue weighted by atomic mass is 10.1. The lowest BCUT2D eigenvalue weighted by molar-refractivity contribution is 0.410. The maximum atomic E-state index is 13.0. The first kappa shape index (κ1) is 16.3. The fraction of sp³-hybridized carbons (Fsp3) is 0.312. The van der Waals surface area contributed by atoms with E-state index in [2.05, 4.69) is 4.98 Å². The van der Waals surface area contributed by atoms with Gasteiger partial charge in [0.2, 0.25) is 0 Å². The lowest BCUT2D eigenvalue weighted by Crippen LogP contribution is -2.28. The summed E-state index contributed by atoms with van der Waals surface area (Å²) in [7, 11) is -0.597. The van der Waals surface area contributed by atoms with Crippen molar-refractivity contribution in [3.05, 3.63) is 47.2 Å². The van der Waals surface area contributed by atoms with Crippen molar-refractivity contribution in [2.75, 3.05) is 18.5 Å². The summed E-state index contributed by atoms with van der Waals surface area (Å²) in [5.41, 5.74) is 2.17. The number of rotatable bonds is 4. The van der Waals surface area contributed by atoms with Crippen molar-refractivity contribution in [2.45, 2.75) is 25.7 Å². The quantitative estimate of drug-likeness (QED) is 0.869. The van der Waals surface area contributed by atoms with Crippen molar-refractivity contribution in [3.8, 4) is 5.75 Å². The standard InChI is InChI=1S/C16H20N2O3S/c1-11-10-14(21-5)12(2)13(3)16(11)22(19,20)18(4)15-8-6-7-9-17-15/h6-10H,1-5H3. The van der Waals surface area contributed by atoms with E-state index in [9.17, 15) is 8.42 Å². The molecule has 1 aromatic heterocycles. The SMILES string of the molecule is COc1cc(C)c(S(=O)(=O)N(C)c2ccccn2)c(C)c1C. The largest absolute Gasteiger partial charge is 0.496 e. The van der Waals surface area contributed by atoms with Gasteiger partial charge in [-0.3, -0.25) is 4.31 Å². The lowest BCUT2D eigenvalue weighted by Gasteiger charge is -2.22. The maximum Gasteiger partial charge on any atom is 0.265 e. The summed E-state index contributed by atoms with van der Waals surface area (Å²) in [5.74, 6) is 1.07. The second-order valence-corrected chi connectivity index (χ2v) is 7.04. The summed E-state index contributed by atoms with van der Waals surface area (Å²) in [6, 6.07) is 6.92. The van der Waals surface area contributed by atoms with Gasteiger partial charge in [0.15, 0.2) is 0 Å². The third-order valence-corrected chi connectivity index (χ3v) is 5.84. The zero-order valence-corrected chi connectivity index (χ0v) is 14.2. The molecule has 0 fully saturated rings. The Morgan fingerprint density at radius 3 is 2.36 bits per heavy atom. The summed E-state index contributed by atoms with van der Waals surface area (Å²) >= 11 is 0. The van der Waals surface area contributed by atoms with Crippen molar-refractivity contribution >= 4 is 15.8 Å². The summed E-state index contributed by atoms with van der Waals surface area (Å²) in [6.07, 6.45) is 1.57. The highest BCUT2D eigenvalue weighted by Gasteiger charge is 2.27. The number of hydrogen-bond donors (Lipinski definition) is 0. The van der Waals surface area contributed by atoms with Crippen molar-refractivity contribution in [1.29, 1.82) is 0 Å². The van der Waals surface area contributed by atoms with Gasteiger partial charge in [0.25, 0.3) is 10.0 Å². The highest BCUT2D eigenvalue weighted by molar-refractivity contribution is 7.92. The minimum atomic E-state index is -3.69. The van der Waals surface area contributed by atoms with Crippen LogP contribution >= 0.6 is 0 Å². The van der Waals surface area contributed by atoms with Crippen LogP contribution in [0, 0.1) is 20.8 Å². The zero-order valence-electron chi connectivity index (χ0n) is 13.4. The van der Waals surface area contributed by atoms with Crippen LogP contribution in [0.3, 0.4) is 0 Å². The highest BCUT2D eigenvalue weighted by Crippen LogP contribution is 2.32. The molecule has 0 N–H and O–H groups in total. The summed E-state index contributed by atoms with van der Waals surface area (Å²) < 4.78 is 32.4. The Kier molecular flexibility index (Phi) is 4.42. The molecule has 0 spiro atoms. The fourth-order valence-corrected chi connectivity index (χ4v) is 4.06. The smallest absolute Gasteiger partial charge is 0.265 e. The predicted octanol–water partition coefficient (Wildman–Crippen LogP) is 2.84. The molecule has 0 unspecified atom stereocenters. The molecule has 0 amide bonds. The topological polar surface area (TPSA) is 59.5 Å². The highest BCUT2D eigenvalue weighted by atomic mass is 32.2. The predicted molar refractivity (Wildman–Crippen MR) is 87.0 cm³/mol. The molecule has 0 aliphatic heterocycles. The molecule has 118 valence electrons. The molecule has 1 heterocycles. The molecule has 2 aromatic rings. The van der Waals surface area contributed by atoms with Crippen molar-refractivity contribution in [2.24, 2.45) is 0 Å². The number of anilines is 1. The van der Waals surface area contributed by atoms with Gasteiger partial charge >= 0.3 is 0 Å². The molecular weight excluding hydrogens is 300 g/mol. The van der Waals surface area contributed by atoms with Crippen LogP contribution in [0.1, 0.15) is 16.7 Å². The maximum absolute atomic E-state index is 13.0. The van der Waals surface area contributed by atoms with Crippen LogP contribution < -0.4 is 9.04 Å². The second-order valence-electron chi connectivity index (χ2n) is 5.14. The molecule has 0 bridgehead atoms. The molecule has 0 aliphatic carbocycles. The number of benzene rings is 1. The first-order valence-corrected chi connectivity index (χ1v) is 8.29. The number of ether oxygens (including phenoxy) is 1. The third kappa shape index (κ3) is 2.66. The normalized spacial score (nSPS) is 11.3. The average Bonchev–Trinajstić information content (AvgIpc) is 2.50. The average molecular weight is 320 g/mol. The Bertz CT molecular complexity index is 787. The van der Waals surface area contributed by atoms with E-state index in [4.69, 9.17) is 4.74 Å². The van der Waals surface area contributed by atoms with Crippen LogP contribution in [0.25, 0.3) is 0 Å². The number of hydrogen-bond acceptors (Lipinski definition) is 4.